The number of carbonyl (C=O) groups is 1. The van der Waals surface area contributed by atoms with Crippen LogP contribution >= 0.6 is 0 Å². The summed E-state index contributed by atoms with van der Waals surface area (Å²) in [5.41, 5.74) is 2.64. The van der Waals surface area contributed by atoms with Gasteiger partial charge in [-0.3, -0.25) is 4.79 Å². The van der Waals surface area contributed by atoms with Gasteiger partial charge in [0.2, 0.25) is 5.91 Å². The van der Waals surface area contributed by atoms with E-state index in [-0.39, 0.29) is 5.91 Å². The van der Waals surface area contributed by atoms with Crippen LogP contribution in [0.2, 0.25) is 0 Å². The minimum atomic E-state index is 0.0847. The summed E-state index contributed by atoms with van der Waals surface area (Å²) in [7, 11) is 3.51. The van der Waals surface area contributed by atoms with Gasteiger partial charge in [-0.15, -0.1) is 0 Å². The summed E-state index contributed by atoms with van der Waals surface area (Å²) >= 11 is 0. The number of hydrogen-bond acceptors (Lipinski definition) is 3. The van der Waals surface area contributed by atoms with Crippen LogP contribution in [-0.4, -0.2) is 44.6 Å². The van der Waals surface area contributed by atoms with Gasteiger partial charge in [-0.2, -0.15) is 0 Å². The van der Waals surface area contributed by atoms with Crippen molar-refractivity contribution in [2.45, 2.75) is 12.8 Å². The first kappa shape index (κ1) is 14.6. The third kappa shape index (κ3) is 4.10. The lowest BCUT2D eigenvalue weighted by molar-refractivity contribution is -0.129. The molecule has 108 valence electrons. The second-order valence-electron chi connectivity index (χ2n) is 5.09. The molecular formula is C16H22N2O2. The third-order valence-electron chi connectivity index (χ3n) is 3.37. The van der Waals surface area contributed by atoms with Gasteiger partial charge in [-0.1, -0.05) is 18.2 Å². The largest absolute Gasteiger partial charge is 0.493 e. The van der Waals surface area contributed by atoms with Crippen molar-refractivity contribution >= 4 is 11.5 Å². The first-order valence-corrected chi connectivity index (χ1v) is 7.00. The van der Waals surface area contributed by atoms with Crippen molar-refractivity contribution in [1.82, 2.24) is 10.2 Å². The number of amides is 1. The Labute approximate surface area is 120 Å². The summed E-state index contributed by atoms with van der Waals surface area (Å²) in [6.45, 7) is 2.40. The van der Waals surface area contributed by atoms with Crippen molar-refractivity contribution in [3.8, 4) is 5.75 Å². The second kappa shape index (κ2) is 7.10. The van der Waals surface area contributed by atoms with Gasteiger partial charge in [0.1, 0.15) is 5.75 Å². The van der Waals surface area contributed by atoms with Crippen molar-refractivity contribution in [2.24, 2.45) is 0 Å². The first-order valence-electron chi connectivity index (χ1n) is 7.00. The maximum absolute atomic E-state index is 11.4. The van der Waals surface area contributed by atoms with Gasteiger partial charge in [0, 0.05) is 20.6 Å². The lowest BCUT2D eigenvalue weighted by Crippen LogP contribution is -2.23. The Morgan fingerprint density at radius 2 is 2.05 bits per heavy atom. The summed E-state index contributed by atoms with van der Waals surface area (Å²) in [5, 5.41) is 3.31. The molecule has 0 spiro atoms. The zero-order chi connectivity index (χ0) is 14.4. The van der Waals surface area contributed by atoms with Crippen molar-refractivity contribution < 1.29 is 9.53 Å². The molecule has 1 aromatic carbocycles. The predicted octanol–water partition coefficient (Wildman–Crippen LogP) is 1.92. The van der Waals surface area contributed by atoms with Crippen molar-refractivity contribution in [2.75, 3.05) is 33.8 Å². The quantitative estimate of drug-likeness (QED) is 0.892. The molecule has 0 bridgehead atoms. The highest BCUT2D eigenvalue weighted by Crippen LogP contribution is 2.22. The molecule has 0 saturated heterocycles. The van der Waals surface area contributed by atoms with E-state index >= 15 is 0 Å². The molecule has 0 atom stereocenters. The number of benzene rings is 1. The number of nitrogens with zero attached hydrogens (tertiary/aromatic N) is 1. The van der Waals surface area contributed by atoms with Gasteiger partial charge in [0.05, 0.1) is 13.0 Å². The highest BCUT2D eigenvalue weighted by molar-refractivity contribution is 5.75. The summed E-state index contributed by atoms with van der Waals surface area (Å²) in [4.78, 5) is 13.0. The maximum Gasteiger partial charge on any atom is 0.225 e. The number of carbonyl (C=O) groups excluding carboxylic acids is 1. The zero-order valence-electron chi connectivity index (χ0n) is 12.2. The topological polar surface area (TPSA) is 41.6 Å². The molecule has 20 heavy (non-hydrogen) atoms. The minimum absolute atomic E-state index is 0.0847. The molecule has 0 fully saturated rings. The van der Waals surface area contributed by atoms with E-state index in [1.165, 1.54) is 11.1 Å². The predicted molar refractivity (Wildman–Crippen MR) is 80.7 cm³/mol. The number of hydrogen-bond donors (Lipinski definition) is 1. The SMILES string of the molecule is CN(C)C(=O)CCOc1ccc(C2=CCNCC2)cc1. The van der Waals surface area contributed by atoms with Crippen LogP contribution in [0.1, 0.15) is 18.4 Å². The van der Waals surface area contributed by atoms with Gasteiger partial charge < -0.3 is 15.0 Å². The Bertz CT molecular complexity index is 478. The Kier molecular flexibility index (Phi) is 5.18. The van der Waals surface area contributed by atoms with Crippen LogP contribution < -0.4 is 10.1 Å². The van der Waals surface area contributed by atoms with Crippen LogP contribution in [0.25, 0.3) is 5.57 Å². The number of nitrogens with one attached hydrogen (secondary N) is 1. The fourth-order valence-corrected chi connectivity index (χ4v) is 2.13. The van der Waals surface area contributed by atoms with Gasteiger partial charge in [0.15, 0.2) is 0 Å². The van der Waals surface area contributed by atoms with E-state index in [2.05, 4.69) is 23.5 Å². The normalized spacial score (nSPS) is 14.6. The minimum Gasteiger partial charge on any atom is -0.493 e. The van der Waals surface area contributed by atoms with E-state index in [0.29, 0.717) is 13.0 Å². The zero-order valence-corrected chi connectivity index (χ0v) is 12.2. The Balaban J connectivity index is 1.85. The van der Waals surface area contributed by atoms with E-state index in [4.69, 9.17) is 4.74 Å². The summed E-state index contributed by atoms with van der Waals surface area (Å²) in [6, 6.07) is 8.11. The van der Waals surface area contributed by atoms with Gasteiger partial charge >= 0.3 is 0 Å². The molecule has 4 heteroatoms. The van der Waals surface area contributed by atoms with E-state index < -0.39 is 0 Å². The summed E-state index contributed by atoms with van der Waals surface area (Å²) in [6.07, 6.45) is 3.71. The van der Waals surface area contributed by atoms with E-state index in [1.807, 2.05) is 12.1 Å². The van der Waals surface area contributed by atoms with Crippen molar-refractivity contribution in [1.29, 1.82) is 0 Å². The van der Waals surface area contributed by atoms with Crippen LogP contribution in [0.4, 0.5) is 0 Å². The smallest absolute Gasteiger partial charge is 0.225 e. The van der Waals surface area contributed by atoms with E-state index in [0.717, 1.165) is 25.3 Å². The van der Waals surface area contributed by atoms with Gasteiger partial charge in [0.25, 0.3) is 0 Å². The van der Waals surface area contributed by atoms with E-state index in [1.54, 1.807) is 19.0 Å². The highest BCUT2D eigenvalue weighted by Gasteiger charge is 2.06. The third-order valence-corrected chi connectivity index (χ3v) is 3.37. The Morgan fingerprint density at radius 3 is 2.65 bits per heavy atom. The Hall–Kier alpha value is -1.81. The molecule has 2 rings (SSSR count). The standard InChI is InChI=1S/C16H22N2O2/c1-18(2)16(19)9-12-20-15-5-3-13(4-6-15)14-7-10-17-11-8-14/h3-7,17H,8-12H2,1-2H3. The first-order chi connectivity index (χ1) is 9.66. The molecule has 0 aromatic heterocycles. The molecule has 1 aliphatic rings. The number of rotatable bonds is 5. The fraction of sp³-hybridized carbons (Fsp3) is 0.438. The molecular weight excluding hydrogens is 252 g/mol. The molecule has 0 unspecified atom stereocenters. The lowest BCUT2D eigenvalue weighted by atomic mass is 10.0. The van der Waals surface area contributed by atoms with E-state index in [9.17, 15) is 4.79 Å². The maximum atomic E-state index is 11.4. The average molecular weight is 274 g/mol. The van der Waals surface area contributed by atoms with Gasteiger partial charge in [-0.25, -0.2) is 0 Å². The van der Waals surface area contributed by atoms with Crippen LogP contribution in [0.5, 0.6) is 5.75 Å². The molecule has 0 radical (unpaired) electrons. The summed E-state index contributed by atoms with van der Waals surface area (Å²) < 4.78 is 5.59. The van der Waals surface area contributed by atoms with Crippen molar-refractivity contribution in [3.05, 3.63) is 35.9 Å². The Morgan fingerprint density at radius 1 is 1.30 bits per heavy atom. The molecule has 0 saturated carbocycles. The van der Waals surface area contributed by atoms with Crippen LogP contribution in [0.3, 0.4) is 0 Å². The molecule has 1 aliphatic heterocycles. The molecule has 0 aliphatic carbocycles. The number of ether oxygens (including phenoxy) is 1. The summed E-state index contributed by atoms with van der Waals surface area (Å²) in [5.74, 6) is 0.899. The molecule has 1 amide bonds. The van der Waals surface area contributed by atoms with Crippen LogP contribution in [0.15, 0.2) is 30.3 Å². The highest BCUT2D eigenvalue weighted by atomic mass is 16.5. The molecule has 1 heterocycles. The fourth-order valence-electron chi connectivity index (χ4n) is 2.13. The van der Waals surface area contributed by atoms with Crippen LogP contribution in [0, 0.1) is 0 Å². The van der Waals surface area contributed by atoms with Crippen molar-refractivity contribution in [3.63, 3.8) is 0 Å². The molecule has 4 nitrogen and oxygen atoms in total. The molecule has 1 aromatic rings. The van der Waals surface area contributed by atoms with Crippen LogP contribution in [-0.2, 0) is 4.79 Å². The second-order valence-corrected chi connectivity index (χ2v) is 5.09. The monoisotopic (exact) mass is 274 g/mol. The average Bonchev–Trinajstić information content (AvgIpc) is 2.48. The van der Waals surface area contributed by atoms with Gasteiger partial charge in [-0.05, 0) is 36.2 Å². The molecule has 1 N–H and O–H groups in total. The lowest BCUT2D eigenvalue weighted by Gasteiger charge is -2.15.